The van der Waals surface area contributed by atoms with Crippen molar-refractivity contribution in [2.75, 3.05) is 6.54 Å². The van der Waals surface area contributed by atoms with Gasteiger partial charge in [-0.2, -0.15) is 5.10 Å². The number of carbonyl (C=O) groups excluding carboxylic acids is 1. The molecule has 6 nitrogen and oxygen atoms in total. The van der Waals surface area contributed by atoms with E-state index in [1.165, 1.54) is 11.6 Å². The smallest absolute Gasteiger partial charge is 0.374 e. The highest BCUT2D eigenvalue weighted by atomic mass is 28.2. The number of aromatic nitrogens is 2. The summed E-state index contributed by atoms with van der Waals surface area (Å²) in [4.78, 5) is 26.4. The number of hydrogen-bond acceptors (Lipinski definition) is 3. The first-order valence-corrected chi connectivity index (χ1v) is 16.2. The van der Waals surface area contributed by atoms with Gasteiger partial charge in [0.1, 0.15) is 11.3 Å². The van der Waals surface area contributed by atoms with Crippen LogP contribution in [0.3, 0.4) is 0 Å². The maximum Gasteiger partial charge on any atom is 0.374 e. The Hall–Kier alpha value is -4.33. The van der Waals surface area contributed by atoms with E-state index in [2.05, 4.69) is 22.7 Å². The van der Waals surface area contributed by atoms with Gasteiger partial charge >= 0.3 is 5.97 Å². The van der Waals surface area contributed by atoms with Crippen molar-refractivity contribution in [3.63, 3.8) is 0 Å². The molecular formula is C35H31F2N3O3Si. The van der Waals surface area contributed by atoms with Crippen LogP contribution in [0.4, 0.5) is 8.78 Å². The quantitative estimate of drug-likeness (QED) is 0.253. The SMILES string of the molecule is C[C@@H]1c2ccccc2CCN1C(=O)c1cc(C2CC2)n2nc(-c3ccc(C4=CCC([Si]#CC(=O)O)CC4)cc3F)cc2c1F. The van der Waals surface area contributed by atoms with Crippen LogP contribution in [-0.4, -0.2) is 47.0 Å². The summed E-state index contributed by atoms with van der Waals surface area (Å²) in [6, 6.07) is 16.1. The lowest BCUT2D eigenvalue weighted by atomic mass is 9.92. The Kier molecular flexibility index (Phi) is 7.31. The molecule has 4 aromatic rings. The van der Waals surface area contributed by atoms with Gasteiger partial charge in [0.2, 0.25) is 0 Å². The zero-order chi connectivity index (χ0) is 30.5. The molecule has 44 heavy (non-hydrogen) atoms. The Morgan fingerprint density at radius 3 is 2.59 bits per heavy atom. The summed E-state index contributed by atoms with van der Waals surface area (Å²) in [7, 11) is 0.137. The van der Waals surface area contributed by atoms with E-state index in [0.717, 1.165) is 60.9 Å². The summed E-state index contributed by atoms with van der Waals surface area (Å²) in [6.07, 6.45) is 6.94. The first-order chi connectivity index (χ1) is 21.3. The molecule has 2 aromatic carbocycles. The van der Waals surface area contributed by atoms with E-state index < -0.39 is 17.6 Å². The summed E-state index contributed by atoms with van der Waals surface area (Å²) >= 11 is 0. The molecule has 222 valence electrons. The zero-order valence-electron chi connectivity index (χ0n) is 24.3. The van der Waals surface area contributed by atoms with Crippen molar-refractivity contribution >= 4 is 31.9 Å². The van der Waals surface area contributed by atoms with Gasteiger partial charge in [-0.3, -0.25) is 4.79 Å². The van der Waals surface area contributed by atoms with Gasteiger partial charge in [0.05, 0.1) is 17.3 Å². The van der Waals surface area contributed by atoms with E-state index in [4.69, 9.17) is 5.11 Å². The van der Waals surface area contributed by atoms with Gasteiger partial charge in [-0.1, -0.05) is 36.4 Å². The molecule has 0 saturated heterocycles. The Balaban J connectivity index is 1.20. The highest BCUT2D eigenvalue weighted by Gasteiger charge is 2.34. The van der Waals surface area contributed by atoms with Crippen LogP contribution in [-0.2, 0) is 11.2 Å². The third-order valence-corrected chi connectivity index (χ3v) is 10.5. The number of aliphatic carboxylic acids is 1. The molecule has 3 heterocycles. The minimum atomic E-state index is -1.02. The number of halogens is 2. The fourth-order valence-corrected chi connectivity index (χ4v) is 7.47. The lowest BCUT2D eigenvalue weighted by Gasteiger charge is -2.35. The molecule has 2 aliphatic carbocycles. The number of allylic oxidation sites excluding steroid dienone is 2. The normalized spacial score (nSPS) is 19.6. The molecule has 1 amide bonds. The lowest BCUT2D eigenvalue weighted by Crippen LogP contribution is -2.39. The highest BCUT2D eigenvalue weighted by Crippen LogP contribution is 2.42. The number of rotatable bonds is 4. The predicted octanol–water partition coefficient (Wildman–Crippen LogP) is 7.02. The molecule has 2 aromatic heterocycles. The number of carboxylic acid groups (broad SMARTS) is 1. The van der Waals surface area contributed by atoms with Crippen molar-refractivity contribution in [3.8, 4) is 16.8 Å². The number of nitrogens with zero attached hydrogens (tertiary/aromatic N) is 3. The first kappa shape index (κ1) is 28.4. The number of pyridine rings is 1. The lowest BCUT2D eigenvalue weighted by molar-refractivity contribution is -0.130. The van der Waals surface area contributed by atoms with Gasteiger partial charge in [0.25, 0.3) is 5.91 Å². The van der Waals surface area contributed by atoms with Crippen molar-refractivity contribution in [1.29, 1.82) is 0 Å². The molecular weight excluding hydrogens is 576 g/mol. The van der Waals surface area contributed by atoms with Gasteiger partial charge < -0.3 is 10.0 Å². The predicted molar refractivity (Wildman–Crippen MR) is 165 cm³/mol. The van der Waals surface area contributed by atoms with Crippen LogP contribution in [0.15, 0.2) is 60.7 Å². The van der Waals surface area contributed by atoms with Crippen LogP contribution in [0, 0.1) is 17.1 Å². The fraction of sp³-hybridized carbons (Fsp3) is 0.314. The molecule has 0 bridgehead atoms. The average Bonchev–Trinajstić information content (AvgIpc) is 3.78. The van der Waals surface area contributed by atoms with Gasteiger partial charge in [0.15, 0.2) is 5.82 Å². The van der Waals surface area contributed by atoms with Gasteiger partial charge in [0, 0.05) is 38.2 Å². The molecule has 1 aliphatic heterocycles. The molecule has 2 atom stereocenters. The third-order valence-electron chi connectivity index (χ3n) is 9.20. The molecule has 3 aliphatic rings. The molecule has 0 radical (unpaired) electrons. The second kappa shape index (κ2) is 11.3. The Labute approximate surface area is 256 Å². The topological polar surface area (TPSA) is 74.9 Å². The number of fused-ring (bicyclic) bond motifs is 2. The molecule has 1 unspecified atom stereocenters. The van der Waals surface area contributed by atoms with Crippen molar-refractivity contribution in [3.05, 3.63) is 100 Å². The second-order valence-electron chi connectivity index (χ2n) is 12.0. The number of carboxylic acids is 1. The average molecular weight is 608 g/mol. The van der Waals surface area contributed by atoms with Crippen molar-refractivity contribution in [2.24, 2.45) is 0 Å². The Morgan fingerprint density at radius 1 is 1.05 bits per heavy atom. The number of amides is 1. The second-order valence-corrected chi connectivity index (χ2v) is 13.3. The van der Waals surface area contributed by atoms with Crippen molar-refractivity contribution in [1.82, 2.24) is 14.5 Å². The summed E-state index contributed by atoms with van der Waals surface area (Å²) < 4.78 is 33.3. The third kappa shape index (κ3) is 5.20. The maximum absolute atomic E-state index is 16.2. The number of hydrogen-bond donors (Lipinski definition) is 1. The van der Waals surface area contributed by atoms with Crippen LogP contribution < -0.4 is 0 Å². The number of carbonyl (C=O) groups is 2. The van der Waals surface area contributed by atoms with Crippen LogP contribution in [0.1, 0.15) is 83.7 Å². The van der Waals surface area contributed by atoms with Crippen LogP contribution in [0.2, 0.25) is 5.54 Å². The van der Waals surface area contributed by atoms with E-state index in [1.807, 2.05) is 31.2 Å². The molecule has 1 fully saturated rings. The number of benzene rings is 2. The monoisotopic (exact) mass is 607 g/mol. The minimum absolute atomic E-state index is 0.0367. The van der Waals surface area contributed by atoms with Gasteiger partial charge in [-0.25, -0.2) is 18.1 Å². The van der Waals surface area contributed by atoms with E-state index in [0.29, 0.717) is 12.2 Å². The summed E-state index contributed by atoms with van der Waals surface area (Å²) in [5.41, 5.74) is 8.40. The van der Waals surface area contributed by atoms with Crippen molar-refractivity contribution in [2.45, 2.75) is 62.9 Å². The Morgan fingerprint density at radius 2 is 1.86 bits per heavy atom. The summed E-state index contributed by atoms with van der Waals surface area (Å²) in [6.45, 7) is 2.50. The fourth-order valence-electron chi connectivity index (χ4n) is 6.62. The molecule has 1 N–H and O–H groups in total. The van der Waals surface area contributed by atoms with E-state index in [-0.39, 0.29) is 49.0 Å². The minimum Gasteiger partial charge on any atom is -0.472 e. The highest BCUT2D eigenvalue weighted by molar-refractivity contribution is 6.31. The molecule has 9 heteroatoms. The summed E-state index contributed by atoms with van der Waals surface area (Å²) in [5, 5.41) is 13.5. The molecule has 1 saturated carbocycles. The Bertz CT molecular complexity index is 1930. The molecule has 7 rings (SSSR count). The standard InChI is InChI=1S/C35H31F2N3O3Si/c1-20-26-5-3-2-4-22(26)14-15-39(20)35(43)28-17-31(23-6-7-23)40-32(34(28)37)18-30(38-40)27-13-10-24(16-29(27)36)21-8-11-25(12-9-21)44-19-33(41)42/h2-5,8,10,13,16-18,20,23,25H,6-7,9,11-12,14-15H2,1H3,(H,41,42)/t20-,25?/m1/s1. The van der Waals surface area contributed by atoms with Crippen LogP contribution in [0.5, 0.6) is 0 Å². The molecule has 0 spiro atoms. The van der Waals surface area contributed by atoms with Gasteiger partial charge in [-0.05, 0) is 97.5 Å². The van der Waals surface area contributed by atoms with Crippen LogP contribution >= 0.6 is 0 Å². The van der Waals surface area contributed by atoms with E-state index in [1.54, 1.807) is 27.6 Å². The van der Waals surface area contributed by atoms with Gasteiger partial charge in [-0.15, -0.1) is 0 Å². The first-order valence-electron chi connectivity index (χ1n) is 15.1. The summed E-state index contributed by atoms with van der Waals surface area (Å²) in [5.74, 6) is -2.26. The maximum atomic E-state index is 16.2. The van der Waals surface area contributed by atoms with E-state index in [9.17, 15) is 9.59 Å². The van der Waals surface area contributed by atoms with Crippen molar-refractivity contribution < 1.29 is 23.5 Å². The van der Waals surface area contributed by atoms with Crippen LogP contribution in [0.25, 0.3) is 22.3 Å². The zero-order valence-corrected chi connectivity index (χ0v) is 25.3. The van der Waals surface area contributed by atoms with E-state index >= 15 is 8.78 Å². The largest absolute Gasteiger partial charge is 0.472 e.